The predicted molar refractivity (Wildman–Crippen MR) is 61.8 cm³/mol. The van der Waals surface area contributed by atoms with Gasteiger partial charge in [0, 0.05) is 17.9 Å². The number of fused-ring (bicyclic) bond motifs is 1. The number of phenols is 1. The highest BCUT2D eigenvalue weighted by Gasteiger charge is 2.27. The largest absolute Gasteiger partial charge is 0.508 e. The van der Waals surface area contributed by atoms with Crippen LogP contribution in [0, 0.1) is 0 Å². The molecule has 2 aromatic rings. The van der Waals surface area contributed by atoms with Crippen molar-refractivity contribution >= 4 is 11.7 Å². The number of carbonyl (C=O) groups excluding carboxylic acids is 1. The van der Waals surface area contributed by atoms with Gasteiger partial charge >= 0.3 is 0 Å². The van der Waals surface area contributed by atoms with Crippen molar-refractivity contribution in [1.82, 2.24) is 10.2 Å². The third-order valence-electron chi connectivity index (χ3n) is 2.97. The van der Waals surface area contributed by atoms with Gasteiger partial charge in [-0.05, 0) is 17.7 Å². The Hall–Kier alpha value is -2.30. The molecule has 1 unspecified atom stereocenters. The summed E-state index contributed by atoms with van der Waals surface area (Å²) >= 11 is 0. The van der Waals surface area contributed by atoms with Crippen molar-refractivity contribution < 1.29 is 9.90 Å². The van der Waals surface area contributed by atoms with Gasteiger partial charge in [-0.3, -0.25) is 9.89 Å². The maximum atomic E-state index is 11.6. The first-order valence-electron chi connectivity index (χ1n) is 5.36. The lowest BCUT2D eigenvalue weighted by atomic mass is 9.87. The van der Waals surface area contributed by atoms with Gasteiger partial charge in [0.05, 0.1) is 6.20 Å². The molecule has 0 saturated heterocycles. The minimum atomic E-state index is -0.0513. The number of nitrogens with one attached hydrogen (secondary N) is 2. The van der Waals surface area contributed by atoms with Crippen molar-refractivity contribution in [2.45, 2.75) is 12.3 Å². The van der Waals surface area contributed by atoms with Crippen LogP contribution in [0.3, 0.4) is 0 Å². The fraction of sp³-hybridized carbons (Fsp3) is 0.167. The maximum absolute atomic E-state index is 11.6. The summed E-state index contributed by atoms with van der Waals surface area (Å²) in [5.74, 6) is 0.757. The monoisotopic (exact) mass is 229 g/mol. The van der Waals surface area contributed by atoms with Crippen LogP contribution in [-0.2, 0) is 4.79 Å². The number of phenolic OH excluding ortho intramolecular Hbond substituents is 1. The van der Waals surface area contributed by atoms with Crippen molar-refractivity contribution in [2.24, 2.45) is 0 Å². The Morgan fingerprint density at radius 1 is 1.41 bits per heavy atom. The van der Waals surface area contributed by atoms with Gasteiger partial charge in [-0.2, -0.15) is 5.10 Å². The van der Waals surface area contributed by atoms with E-state index in [9.17, 15) is 9.90 Å². The minimum Gasteiger partial charge on any atom is -0.508 e. The van der Waals surface area contributed by atoms with Gasteiger partial charge in [0.25, 0.3) is 0 Å². The first kappa shape index (κ1) is 9.89. The van der Waals surface area contributed by atoms with Gasteiger partial charge in [0.1, 0.15) is 11.6 Å². The summed E-state index contributed by atoms with van der Waals surface area (Å²) < 4.78 is 0. The number of anilines is 1. The van der Waals surface area contributed by atoms with Gasteiger partial charge in [0.15, 0.2) is 0 Å². The minimum absolute atomic E-state index is 0.0462. The molecule has 1 aliphatic heterocycles. The zero-order valence-electron chi connectivity index (χ0n) is 8.97. The lowest BCUT2D eigenvalue weighted by Gasteiger charge is -2.22. The van der Waals surface area contributed by atoms with Crippen LogP contribution in [0.1, 0.15) is 23.5 Å². The molecule has 0 spiro atoms. The van der Waals surface area contributed by atoms with Gasteiger partial charge in [-0.1, -0.05) is 12.1 Å². The molecule has 0 aliphatic carbocycles. The van der Waals surface area contributed by atoms with E-state index < -0.39 is 0 Å². The number of amides is 1. The Morgan fingerprint density at radius 3 is 3.12 bits per heavy atom. The molecular weight excluding hydrogens is 218 g/mol. The van der Waals surface area contributed by atoms with E-state index in [1.165, 1.54) is 0 Å². The van der Waals surface area contributed by atoms with Crippen LogP contribution in [0.5, 0.6) is 5.75 Å². The number of nitrogens with zero attached hydrogens (tertiary/aromatic N) is 1. The molecule has 1 aromatic carbocycles. The van der Waals surface area contributed by atoms with E-state index in [4.69, 9.17) is 0 Å². The second-order valence-electron chi connectivity index (χ2n) is 4.10. The fourth-order valence-corrected chi connectivity index (χ4v) is 2.18. The first-order valence-corrected chi connectivity index (χ1v) is 5.36. The zero-order chi connectivity index (χ0) is 11.8. The predicted octanol–water partition coefficient (Wildman–Crippen LogP) is 1.59. The summed E-state index contributed by atoms with van der Waals surface area (Å²) in [6.45, 7) is 0. The van der Waals surface area contributed by atoms with E-state index in [0.717, 1.165) is 11.1 Å². The number of benzene rings is 1. The summed E-state index contributed by atoms with van der Waals surface area (Å²) in [6, 6.07) is 6.97. The SMILES string of the molecule is O=C1CC(c2cccc(O)c2)c2cn[nH]c2N1. The molecule has 0 bridgehead atoms. The van der Waals surface area contributed by atoms with Crippen molar-refractivity contribution in [2.75, 3.05) is 5.32 Å². The molecule has 2 heterocycles. The molecule has 3 N–H and O–H groups in total. The molecule has 1 atom stereocenters. The van der Waals surface area contributed by atoms with E-state index >= 15 is 0 Å². The number of hydrogen-bond acceptors (Lipinski definition) is 3. The maximum Gasteiger partial charge on any atom is 0.226 e. The van der Waals surface area contributed by atoms with Crippen LogP contribution >= 0.6 is 0 Å². The zero-order valence-corrected chi connectivity index (χ0v) is 8.97. The van der Waals surface area contributed by atoms with E-state index in [2.05, 4.69) is 15.5 Å². The van der Waals surface area contributed by atoms with Crippen LogP contribution in [-0.4, -0.2) is 21.2 Å². The van der Waals surface area contributed by atoms with Gasteiger partial charge < -0.3 is 10.4 Å². The molecule has 86 valence electrons. The molecule has 5 heteroatoms. The Morgan fingerprint density at radius 2 is 2.29 bits per heavy atom. The summed E-state index contributed by atoms with van der Waals surface area (Å²) in [5, 5.41) is 18.9. The summed E-state index contributed by atoms with van der Waals surface area (Å²) in [4.78, 5) is 11.6. The number of aromatic hydroxyl groups is 1. The average Bonchev–Trinajstić information content (AvgIpc) is 2.75. The Labute approximate surface area is 97.5 Å². The molecule has 0 saturated carbocycles. The van der Waals surface area contributed by atoms with Crippen LogP contribution in [0.15, 0.2) is 30.5 Å². The number of aromatic amines is 1. The molecule has 0 fully saturated rings. The van der Waals surface area contributed by atoms with E-state index in [-0.39, 0.29) is 17.6 Å². The first-order chi connectivity index (χ1) is 8.24. The molecule has 1 amide bonds. The van der Waals surface area contributed by atoms with E-state index in [1.54, 1.807) is 24.4 Å². The second kappa shape index (κ2) is 3.62. The Bertz CT molecular complexity index is 577. The topological polar surface area (TPSA) is 78.0 Å². The summed E-state index contributed by atoms with van der Waals surface area (Å²) in [7, 11) is 0. The number of aromatic nitrogens is 2. The fourth-order valence-electron chi connectivity index (χ4n) is 2.18. The molecular formula is C12H11N3O2. The van der Waals surface area contributed by atoms with Crippen LogP contribution in [0.25, 0.3) is 0 Å². The van der Waals surface area contributed by atoms with Crippen molar-refractivity contribution in [3.8, 4) is 5.75 Å². The molecule has 5 nitrogen and oxygen atoms in total. The summed E-state index contributed by atoms with van der Waals surface area (Å²) in [5.41, 5.74) is 1.87. The number of rotatable bonds is 1. The highest BCUT2D eigenvalue weighted by atomic mass is 16.3. The molecule has 17 heavy (non-hydrogen) atoms. The van der Waals surface area contributed by atoms with Crippen LogP contribution < -0.4 is 5.32 Å². The standard InChI is InChI=1S/C12H11N3O2/c16-8-3-1-2-7(4-8)9-5-11(17)14-12-10(9)6-13-15-12/h1-4,6,9,16H,5H2,(H2,13,14,15,17). The normalized spacial score (nSPS) is 18.6. The van der Waals surface area contributed by atoms with E-state index in [0.29, 0.717) is 12.2 Å². The molecule has 0 radical (unpaired) electrons. The summed E-state index contributed by atoms with van der Waals surface area (Å²) in [6.07, 6.45) is 2.08. The van der Waals surface area contributed by atoms with Gasteiger partial charge in [-0.15, -0.1) is 0 Å². The van der Waals surface area contributed by atoms with Crippen molar-refractivity contribution in [3.63, 3.8) is 0 Å². The average molecular weight is 229 g/mol. The molecule has 1 aromatic heterocycles. The van der Waals surface area contributed by atoms with Crippen LogP contribution in [0.2, 0.25) is 0 Å². The number of hydrogen-bond donors (Lipinski definition) is 3. The molecule has 1 aliphatic rings. The quantitative estimate of drug-likeness (QED) is 0.694. The lowest BCUT2D eigenvalue weighted by molar-refractivity contribution is -0.116. The second-order valence-corrected chi connectivity index (χ2v) is 4.10. The van der Waals surface area contributed by atoms with Gasteiger partial charge in [-0.25, -0.2) is 0 Å². The highest BCUT2D eigenvalue weighted by molar-refractivity contribution is 5.94. The number of H-pyrrole nitrogens is 1. The highest BCUT2D eigenvalue weighted by Crippen LogP contribution is 2.36. The van der Waals surface area contributed by atoms with Crippen molar-refractivity contribution in [3.05, 3.63) is 41.6 Å². The van der Waals surface area contributed by atoms with E-state index in [1.807, 2.05) is 6.07 Å². The van der Waals surface area contributed by atoms with Crippen LogP contribution in [0.4, 0.5) is 5.82 Å². The number of carbonyl (C=O) groups is 1. The third-order valence-corrected chi connectivity index (χ3v) is 2.97. The smallest absolute Gasteiger partial charge is 0.226 e. The van der Waals surface area contributed by atoms with Gasteiger partial charge in [0.2, 0.25) is 5.91 Å². The third kappa shape index (κ3) is 1.65. The Balaban J connectivity index is 2.08. The van der Waals surface area contributed by atoms with Crippen molar-refractivity contribution in [1.29, 1.82) is 0 Å². The molecule has 3 rings (SSSR count). The lowest BCUT2D eigenvalue weighted by Crippen LogP contribution is -2.22. The Kier molecular flexibility index (Phi) is 2.11.